The number of pyridine rings is 1. The molecular weight excluding hydrogens is 244 g/mol. The Labute approximate surface area is 112 Å². The largest absolute Gasteiger partial charge is 0.364 e. The minimum Gasteiger partial charge on any atom is -0.364 e. The third-order valence-electron chi connectivity index (χ3n) is 3.26. The molecule has 0 unspecified atom stereocenters. The summed E-state index contributed by atoms with van der Waals surface area (Å²) in [5.41, 5.74) is 2.36. The van der Waals surface area contributed by atoms with Gasteiger partial charge in [-0.1, -0.05) is 29.8 Å². The maximum absolute atomic E-state index is 6.21. The van der Waals surface area contributed by atoms with E-state index in [-0.39, 0.29) is 0 Å². The molecule has 1 aromatic heterocycles. The molecular formula is C15H15ClN2. The topological polar surface area (TPSA) is 16.1 Å². The Hall–Kier alpha value is -1.54. The Bertz CT molecular complexity index is 523. The van der Waals surface area contributed by atoms with Crippen molar-refractivity contribution in [2.45, 2.75) is 25.4 Å². The molecule has 0 spiro atoms. The first kappa shape index (κ1) is 11.5. The zero-order valence-corrected chi connectivity index (χ0v) is 10.8. The van der Waals surface area contributed by atoms with Gasteiger partial charge in [-0.15, -0.1) is 0 Å². The zero-order valence-electron chi connectivity index (χ0n) is 10.1. The van der Waals surface area contributed by atoms with Gasteiger partial charge in [0, 0.05) is 41.3 Å². The summed E-state index contributed by atoms with van der Waals surface area (Å²) < 4.78 is 0. The first-order valence-corrected chi connectivity index (χ1v) is 6.62. The summed E-state index contributed by atoms with van der Waals surface area (Å²) in [6.45, 7) is 0.835. The monoisotopic (exact) mass is 258 g/mol. The minimum absolute atomic E-state index is 0.656. The van der Waals surface area contributed by atoms with Crippen LogP contribution in [-0.2, 0) is 6.54 Å². The predicted octanol–water partition coefficient (Wildman–Crippen LogP) is 3.90. The van der Waals surface area contributed by atoms with Gasteiger partial charge in [-0.05, 0) is 31.0 Å². The van der Waals surface area contributed by atoms with E-state index in [1.165, 1.54) is 18.5 Å². The standard InChI is InChI=1S/C15H15ClN2/c16-15-8-9-17-10-12(15)11-18(14-6-7-14)13-4-2-1-3-5-13/h1-5,8-10,14H,6-7,11H2. The van der Waals surface area contributed by atoms with Crippen LogP contribution in [0, 0.1) is 0 Å². The summed E-state index contributed by atoms with van der Waals surface area (Å²) in [7, 11) is 0. The van der Waals surface area contributed by atoms with Crippen molar-refractivity contribution in [2.24, 2.45) is 0 Å². The molecule has 3 rings (SSSR count). The van der Waals surface area contributed by atoms with Gasteiger partial charge >= 0.3 is 0 Å². The van der Waals surface area contributed by atoms with Crippen molar-refractivity contribution >= 4 is 17.3 Å². The van der Waals surface area contributed by atoms with Crippen LogP contribution < -0.4 is 4.90 Å². The molecule has 0 radical (unpaired) electrons. The van der Waals surface area contributed by atoms with Crippen LogP contribution in [-0.4, -0.2) is 11.0 Å². The second-order valence-corrected chi connectivity index (χ2v) is 5.07. The lowest BCUT2D eigenvalue weighted by Crippen LogP contribution is -2.25. The lowest BCUT2D eigenvalue weighted by atomic mass is 10.2. The van der Waals surface area contributed by atoms with E-state index in [0.29, 0.717) is 6.04 Å². The molecule has 0 amide bonds. The number of hydrogen-bond acceptors (Lipinski definition) is 2. The molecule has 2 aromatic rings. The first-order valence-electron chi connectivity index (χ1n) is 6.24. The number of rotatable bonds is 4. The van der Waals surface area contributed by atoms with Gasteiger partial charge in [0.05, 0.1) is 0 Å². The van der Waals surface area contributed by atoms with Crippen molar-refractivity contribution in [3.05, 3.63) is 59.4 Å². The fraction of sp³-hybridized carbons (Fsp3) is 0.267. The van der Waals surface area contributed by atoms with Gasteiger partial charge in [0.25, 0.3) is 0 Å². The van der Waals surface area contributed by atoms with Crippen LogP contribution in [0.25, 0.3) is 0 Å². The molecule has 2 nitrogen and oxygen atoms in total. The molecule has 0 N–H and O–H groups in total. The number of anilines is 1. The highest BCUT2D eigenvalue weighted by Gasteiger charge is 2.29. The van der Waals surface area contributed by atoms with E-state index in [2.05, 4.69) is 34.1 Å². The number of para-hydroxylation sites is 1. The van der Waals surface area contributed by atoms with E-state index in [9.17, 15) is 0 Å². The van der Waals surface area contributed by atoms with E-state index in [0.717, 1.165) is 17.1 Å². The third-order valence-corrected chi connectivity index (χ3v) is 3.63. The van der Waals surface area contributed by atoms with Crippen molar-refractivity contribution in [1.82, 2.24) is 4.98 Å². The molecule has 0 atom stereocenters. The average Bonchev–Trinajstić information content (AvgIpc) is 3.23. The van der Waals surface area contributed by atoms with Crippen LogP contribution in [0.2, 0.25) is 5.02 Å². The normalized spacial score (nSPS) is 14.5. The molecule has 1 fully saturated rings. The summed E-state index contributed by atoms with van der Waals surface area (Å²) in [4.78, 5) is 6.58. The van der Waals surface area contributed by atoms with E-state index < -0.39 is 0 Å². The second kappa shape index (κ2) is 4.99. The molecule has 1 saturated carbocycles. The van der Waals surface area contributed by atoms with Gasteiger partial charge in [0.15, 0.2) is 0 Å². The number of halogens is 1. The smallest absolute Gasteiger partial charge is 0.0486 e. The Morgan fingerprint density at radius 2 is 1.94 bits per heavy atom. The Balaban J connectivity index is 1.86. The Kier molecular flexibility index (Phi) is 3.20. The molecule has 0 saturated heterocycles. The highest BCUT2D eigenvalue weighted by atomic mass is 35.5. The molecule has 92 valence electrons. The molecule has 1 heterocycles. The Morgan fingerprint density at radius 1 is 1.17 bits per heavy atom. The summed E-state index contributed by atoms with van der Waals surface area (Å²) in [5, 5.41) is 0.798. The average molecular weight is 259 g/mol. The summed E-state index contributed by atoms with van der Waals surface area (Å²) >= 11 is 6.21. The van der Waals surface area contributed by atoms with Crippen LogP contribution >= 0.6 is 11.6 Å². The molecule has 0 bridgehead atoms. The SMILES string of the molecule is Clc1ccncc1CN(c1ccccc1)C1CC1. The fourth-order valence-corrected chi connectivity index (χ4v) is 2.31. The van der Waals surface area contributed by atoms with Gasteiger partial charge in [0.1, 0.15) is 0 Å². The molecule has 1 aliphatic carbocycles. The highest BCUT2D eigenvalue weighted by molar-refractivity contribution is 6.31. The number of hydrogen-bond donors (Lipinski definition) is 0. The second-order valence-electron chi connectivity index (χ2n) is 4.66. The summed E-state index contributed by atoms with van der Waals surface area (Å²) in [6.07, 6.45) is 6.13. The van der Waals surface area contributed by atoms with Crippen LogP contribution in [0.3, 0.4) is 0 Å². The zero-order chi connectivity index (χ0) is 12.4. The van der Waals surface area contributed by atoms with Crippen molar-refractivity contribution in [1.29, 1.82) is 0 Å². The van der Waals surface area contributed by atoms with Gasteiger partial charge in [0.2, 0.25) is 0 Å². The molecule has 18 heavy (non-hydrogen) atoms. The van der Waals surface area contributed by atoms with Gasteiger partial charge in [-0.3, -0.25) is 4.98 Å². The van der Waals surface area contributed by atoms with Gasteiger partial charge in [-0.25, -0.2) is 0 Å². The third kappa shape index (κ3) is 2.49. The Morgan fingerprint density at radius 3 is 2.61 bits per heavy atom. The quantitative estimate of drug-likeness (QED) is 0.827. The van der Waals surface area contributed by atoms with Gasteiger partial charge < -0.3 is 4.90 Å². The van der Waals surface area contributed by atoms with Gasteiger partial charge in [-0.2, -0.15) is 0 Å². The van der Waals surface area contributed by atoms with Crippen LogP contribution in [0.5, 0.6) is 0 Å². The van der Waals surface area contributed by atoms with E-state index in [4.69, 9.17) is 11.6 Å². The maximum Gasteiger partial charge on any atom is 0.0486 e. The van der Waals surface area contributed by atoms with Crippen molar-refractivity contribution < 1.29 is 0 Å². The molecule has 0 aliphatic heterocycles. The van der Waals surface area contributed by atoms with E-state index in [1.54, 1.807) is 6.20 Å². The number of aromatic nitrogens is 1. The molecule has 1 aliphatic rings. The minimum atomic E-state index is 0.656. The predicted molar refractivity (Wildman–Crippen MR) is 74.9 cm³/mol. The first-order chi connectivity index (χ1) is 8.84. The van der Waals surface area contributed by atoms with Crippen LogP contribution in [0.4, 0.5) is 5.69 Å². The van der Waals surface area contributed by atoms with Crippen molar-refractivity contribution in [3.8, 4) is 0 Å². The maximum atomic E-state index is 6.21. The summed E-state index contributed by atoms with van der Waals surface area (Å²) in [5.74, 6) is 0. The van der Waals surface area contributed by atoms with Crippen molar-refractivity contribution in [3.63, 3.8) is 0 Å². The van der Waals surface area contributed by atoms with E-state index >= 15 is 0 Å². The van der Waals surface area contributed by atoms with E-state index in [1.807, 2.05) is 18.3 Å². The molecule has 3 heteroatoms. The van der Waals surface area contributed by atoms with Crippen LogP contribution in [0.1, 0.15) is 18.4 Å². The molecule has 1 aromatic carbocycles. The fourth-order valence-electron chi connectivity index (χ4n) is 2.15. The van der Waals surface area contributed by atoms with Crippen molar-refractivity contribution in [2.75, 3.05) is 4.90 Å². The summed E-state index contributed by atoms with van der Waals surface area (Å²) in [6, 6.07) is 13.0. The lowest BCUT2D eigenvalue weighted by Gasteiger charge is -2.25. The van der Waals surface area contributed by atoms with Crippen LogP contribution in [0.15, 0.2) is 48.8 Å². The number of nitrogens with zero attached hydrogens (tertiary/aromatic N) is 2. The highest BCUT2D eigenvalue weighted by Crippen LogP contribution is 2.33. The lowest BCUT2D eigenvalue weighted by molar-refractivity contribution is 0.792. The number of benzene rings is 1.